The van der Waals surface area contributed by atoms with Gasteiger partial charge in [0, 0.05) is 36.1 Å². The number of aliphatic hydroxyl groups excluding tert-OH is 1. The fourth-order valence-electron chi connectivity index (χ4n) is 8.51. The van der Waals surface area contributed by atoms with Crippen LogP contribution in [0, 0.1) is 10.8 Å². The first-order chi connectivity index (χ1) is 17.5. The van der Waals surface area contributed by atoms with Gasteiger partial charge in [-0.05, 0) is 46.8 Å². The van der Waals surface area contributed by atoms with Gasteiger partial charge >= 0.3 is 5.91 Å². The van der Waals surface area contributed by atoms with Crippen molar-refractivity contribution in [1.29, 1.82) is 0 Å². The molecule has 0 saturated heterocycles. The fraction of sp³-hybridized carbons (Fsp3) is 0.433. The number of allylic oxidation sites excluding steroid dienone is 3. The summed E-state index contributed by atoms with van der Waals surface area (Å²) in [6.07, 6.45) is 6.13. The third kappa shape index (κ3) is 1.84. The smallest absolute Gasteiger partial charge is 0.489 e. The molecule has 0 saturated carbocycles. The summed E-state index contributed by atoms with van der Waals surface area (Å²) < 4.78 is 16.1. The molecule has 9 rings (SSSR count). The minimum Gasteiger partial charge on any atom is -0.489 e. The maximum atomic E-state index is 13.4. The molecule has 0 aromatic carbocycles. The molecule has 2 aromatic heterocycles. The number of aromatic nitrogens is 2. The van der Waals surface area contributed by atoms with Gasteiger partial charge in [-0.2, -0.15) is 9.13 Å². The van der Waals surface area contributed by atoms with Crippen LogP contribution < -0.4 is 10.7 Å². The second-order valence-corrected chi connectivity index (χ2v) is 13.0. The lowest BCUT2D eigenvalue weighted by Gasteiger charge is -2.39. The molecule has 7 aliphatic rings. The first-order valence-corrected chi connectivity index (χ1v) is 13.3. The molecule has 0 bridgehead atoms. The van der Waals surface area contributed by atoms with Crippen molar-refractivity contribution in [2.75, 3.05) is 7.11 Å². The van der Waals surface area contributed by atoms with Gasteiger partial charge in [-0.25, -0.2) is 0 Å². The third-order valence-electron chi connectivity index (χ3n) is 9.89. The Hall–Kier alpha value is -3.45. The van der Waals surface area contributed by atoms with Gasteiger partial charge < -0.3 is 9.84 Å². The molecule has 1 aliphatic carbocycles. The Morgan fingerprint density at radius 2 is 1.84 bits per heavy atom. The Morgan fingerprint density at radius 1 is 1.05 bits per heavy atom. The molecule has 1 N–H and O–H groups in total. The molecule has 8 heterocycles. The topological polar surface area (TPSA) is 62.4 Å². The molecule has 1 spiro atoms. The first-order valence-electron chi connectivity index (χ1n) is 13.3. The number of rotatable bonds is 2. The number of aliphatic hydroxyl groups is 1. The van der Waals surface area contributed by atoms with Crippen molar-refractivity contribution in [2.24, 2.45) is 10.8 Å². The maximum Gasteiger partial charge on any atom is 0.553 e. The normalized spacial score (nSPS) is 28.6. The van der Waals surface area contributed by atoms with E-state index < -0.39 is 12.0 Å². The van der Waals surface area contributed by atoms with Gasteiger partial charge in [-0.15, -0.1) is 0 Å². The van der Waals surface area contributed by atoms with Crippen molar-refractivity contribution in [1.82, 2.24) is 9.13 Å². The van der Waals surface area contributed by atoms with E-state index in [0.29, 0.717) is 6.42 Å². The van der Waals surface area contributed by atoms with Gasteiger partial charge in [0.2, 0.25) is 22.9 Å². The van der Waals surface area contributed by atoms with Crippen LogP contribution in [-0.2, 0) is 10.6 Å². The van der Waals surface area contributed by atoms with E-state index in [4.69, 9.17) is 4.74 Å². The molecule has 186 valence electrons. The van der Waals surface area contributed by atoms with Crippen LogP contribution in [-0.4, -0.2) is 47.7 Å². The molecule has 0 amide bonds. The number of carbonyl (C=O) groups excluding carboxylic acids is 1. The zero-order valence-corrected chi connectivity index (χ0v) is 22.1. The Kier molecular flexibility index (Phi) is 3.08. The number of hydrogen-bond acceptors (Lipinski definition) is 3. The van der Waals surface area contributed by atoms with Crippen LogP contribution in [0.1, 0.15) is 87.3 Å². The Morgan fingerprint density at radius 3 is 2.57 bits per heavy atom. The number of hydrogen-bond donors (Lipinski definition) is 1. The summed E-state index contributed by atoms with van der Waals surface area (Å²) in [6, 6.07) is 4.27. The van der Waals surface area contributed by atoms with Gasteiger partial charge in [-0.3, -0.25) is 4.79 Å². The number of methoxy groups -OCH3 is 1. The van der Waals surface area contributed by atoms with Crippen molar-refractivity contribution in [3.63, 3.8) is 0 Å². The number of ketones is 1. The van der Waals surface area contributed by atoms with E-state index >= 15 is 0 Å². The summed E-state index contributed by atoms with van der Waals surface area (Å²) in [5.41, 5.74) is 9.73. The van der Waals surface area contributed by atoms with Crippen molar-refractivity contribution in [3.8, 4) is 0 Å². The number of Topliss-reactive ketones (excluding diaryl/α,β-unsaturated/α-hetero) is 1. The molecule has 7 heteroatoms. The molecule has 0 radical (unpaired) electrons. The van der Waals surface area contributed by atoms with Crippen molar-refractivity contribution >= 4 is 40.7 Å². The Bertz CT molecular complexity index is 1880. The Labute approximate surface area is 214 Å². The summed E-state index contributed by atoms with van der Waals surface area (Å²) in [4.78, 5) is 13.4. The summed E-state index contributed by atoms with van der Waals surface area (Å²) in [7, 11) is 1.75. The van der Waals surface area contributed by atoms with Crippen LogP contribution in [0.3, 0.4) is 0 Å². The lowest BCUT2D eigenvalue weighted by Crippen LogP contribution is -2.70. The molecular weight excluding hydrogens is 464 g/mol. The van der Waals surface area contributed by atoms with Crippen molar-refractivity contribution in [2.45, 2.75) is 65.9 Å². The monoisotopic (exact) mass is 494 g/mol. The number of carbonyl (C=O) groups is 1. The van der Waals surface area contributed by atoms with Gasteiger partial charge in [0.05, 0.1) is 52.8 Å². The largest absolute Gasteiger partial charge is 0.553 e. The molecule has 1 unspecified atom stereocenters. The van der Waals surface area contributed by atoms with Gasteiger partial charge in [0.15, 0.2) is 11.5 Å². The van der Waals surface area contributed by atoms with Crippen molar-refractivity contribution < 1.29 is 23.8 Å². The highest BCUT2D eigenvalue weighted by molar-refractivity contribution is 6.17. The average Bonchev–Trinajstić information content (AvgIpc) is 3.58. The van der Waals surface area contributed by atoms with Gasteiger partial charge in [0.25, 0.3) is 0 Å². The zero-order chi connectivity index (χ0) is 25.5. The predicted molar refractivity (Wildman–Crippen MR) is 138 cm³/mol. The molecule has 2 aromatic rings. The van der Waals surface area contributed by atoms with E-state index in [-0.39, 0.29) is 16.6 Å². The lowest BCUT2D eigenvalue weighted by molar-refractivity contribution is -0.838. The summed E-state index contributed by atoms with van der Waals surface area (Å²) >= 11 is 0. The van der Waals surface area contributed by atoms with E-state index in [0.717, 1.165) is 57.5 Å². The van der Waals surface area contributed by atoms with E-state index in [1.165, 1.54) is 22.7 Å². The fourth-order valence-corrected chi connectivity index (χ4v) is 8.51. The second-order valence-electron chi connectivity index (χ2n) is 13.0. The van der Waals surface area contributed by atoms with Crippen LogP contribution in [0.2, 0.25) is 0 Å². The van der Waals surface area contributed by atoms with E-state index in [1.807, 2.05) is 6.92 Å². The lowest BCUT2D eigenvalue weighted by atomic mass is 9.84. The first kappa shape index (κ1) is 20.6. The highest BCUT2D eigenvalue weighted by Crippen LogP contribution is 2.58. The standard InChI is InChI=1S/C30H30N4O3/c1-14(35)17-7-15-9-23-28(2,3)12-20-18-11-22(36)19-8-16-10-24-29(4,5)13-21-27(37-6)26(17)32(15)30(33(20)23,34(21)24)31(16)25(18)19/h7-10,14,35H,11-13H2,1-6H3/q+2/t14?,30-/m0/s1. The molecule has 37 heavy (non-hydrogen) atoms. The SMILES string of the molecule is COC1=c2c(C(C)O)cc3n2[C@@]24n5c(cc6c5C(=C5CC(C)(C)C(=[N+]52)C=3)CC6=O)C=C2[N+]4=C1CC2(C)C. The van der Waals surface area contributed by atoms with E-state index in [2.05, 4.69) is 70.3 Å². The summed E-state index contributed by atoms with van der Waals surface area (Å²) in [5, 5.41) is 13.0. The predicted octanol–water partition coefficient (Wildman–Crippen LogP) is 2.45. The Balaban J connectivity index is 1.62. The maximum absolute atomic E-state index is 13.4. The average molecular weight is 495 g/mol. The van der Waals surface area contributed by atoms with E-state index in [1.54, 1.807) is 7.11 Å². The molecular formula is C30H30N4O3+2. The highest BCUT2D eigenvalue weighted by Gasteiger charge is 2.76. The third-order valence-corrected chi connectivity index (χ3v) is 9.89. The number of ether oxygens (including phenoxy) is 1. The number of nitrogens with zero attached hydrogens (tertiary/aromatic N) is 4. The van der Waals surface area contributed by atoms with E-state index in [9.17, 15) is 9.90 Å². The molecule has 2 atom stereocenters. The quantitative estimate of drug-likeness (QED) is 0.653. The van der Waals surface area contributed by atoms with Crippen LogP contribution in [0.25, 0.3) is 23.5 Å². The van der Waals surface area contributed by atoms with Crippen LogP contribution >= 0.6 is 0 Å². The molecule has 0 fully saturated rings. The summed E-state index contributed by atoms with van der Waals surface area (Å²) in [5.74, 6) is 0.279. The minimum atomic E-state index is -0.767. The highest BCUT2D eigenvalue weighted by atomic mass is 16.5. The second kappa shape index (κ2) is 5.53. The van der Waals surface area contributed by atoms with Crippen molar-refractivity contribution in [3.05, 3.63) is 56.7 Å². The zero-order valence-electron chi connectivity index (χ0n) is 22.1. The minimum absolute atomic E-state index is 0.101. The van der Waals surface area contributed by atoms with Crippen LogP contribution in [0.4, 0.5) is 0 Å². The van der Waals surface area contributed by atoms with Crippen LogP contribution in [0.5, 0.6) is 0 Å². The van der Waals surface area contributed by atoms with Crippen LogP contribution in [0.15, 0.2) is 23.5 Å². The van der Waals surface area contributed by atoms with Gasteiger partial charge in [-0.1, -0.05) is 9.15 Å². The molecule has 6 aliphatic heterocycles. The van der Waals surface area contributed by atoms with Gasteiger partial charge in [0.1, 0.15) is 5.35 Å². The summed E-state index contributed by atoms with van der Waals surface area (Å²) in [6.45, 7) is 11.1. The molecule has 7 nitrogen and oxygen atoms in total.